The highest BCUT2D eigenvalue weighted by Gasteiger charge is 2.17. The summed E-state index contributed by atoms with van der Waals surface area (Å²) in [6, 6.07) is 24.1. The first-order chi connectivity index (χ1) is 15.2. The minimum atomic E-state index is -0.164. The summed E-state index contributed by atoms with van der Waals surface area (Å²) in [4.78, 5) is 12.9. The highest BCUT2D eigenvalue weighted by atomic mass is 16.5. The summed E-state index contributed by atoms with van der Waals surface area (Å²) in [7, 11) is 0. The van der Waals surface area contributed by atoms with Gasteiger partial charge in [0.1, 0.15) is 28.9 Å². The third kappa shape index (κ3) is 4.47. The van der Waals surface area contributed by atoms with Crippen LogP contribution in [0.2, 0.25) is 0 Å². The lowest BCUT2D eigenvalue weighted by molar-refractivity contribution is 0.101. The fourth-order valence-electron chi connectivity index (χ4n) is 3.75. The zero-order chi connectivity index (χ0) is 21.0. The number of carbonyl (C=O) groups excluding carboxylic acids is 1. The normalized spacial score (nSPS) is 14.5. The highest BCUT2D eigenvalue weighted by molar-refractivity contribution is 6.09. The third-order valence-electron chi connectivity index (χ3n) is 5.40. The molecule has 0 spiro atoms. The summed E-state index contributed by atoms with van der Waals surface area (Å²) < 4.78 is 17.7. The van der Waals surface area contributed by atoms with Gasteiger partial charge in [0.15, 0.2) is 5.76 Å². The molecule has 5 heteroatoms. The smallest absolute Gasteiger partial charge is 0.228 e. The van der Waals surface area contributed by atoms with Crippen LogP contribution in [0.15, 0.2) is 83.3 Å². The fourth-order valence-corrected chi connectivity index (χ4v) is 3.75. The molecule has 0 unspecified atom stereocenters. The van der Waals surface area contributed by atoms with Gasteiger partial charge in [-0.25, -0.2) is 0 Å². The van der Waals surface area contributed by atoms with Crippen molar-refractivity contribution < 1.29 is 18.7 Å². The van der Waals surface area contributed by atoms with Gasteiger partial charge in [-0.1, -0.05) is 18.2 Å². The molecule has 1 aromatic heterocycles. The molecule has 31 heavy (non-hydrogen) atoms. The maximum Gasteiger partial charge on any atom is 0.228 e. The Morgan fingerprint density at radius 2 is 1.55 bits per heavy atom. The standard InChI is InChI=1S/C26H23NO4/c28-26(18-6-8-21(9-7-18)29-20-4-2-1-3-5-20)25-17-19-16-23(10-11-24(19)31-25)30-22-12-14-27-15-13-22/h1-11,16-17,22,27H,12-15H2. The molecule has 1 fully saturated rings. The van der Waals surface area contributed by atoms with Gasteiger partial charge in [0.25, 0.3) is 0 Å². The van der Waals surface area contributed by atoms with Gasteiger partial charge in [-0.15, -0.1) is 0 Å². The molecule has 5 nitrogen and oxygen atoms in total. The Balaban J connectivity index is 1.31. The van der Waals surface area contributed by atoms with E-state index in [1.807, 2.05) is 48.5 Å². The van der Waals surface area contributed by atoms with Crippen molar-refractivity contribution in [1.29, 1.82) is 0 Å². The maximum atomic E-state index is 12.9. The summed E-state index contributed by atoms with van der Waals surface area (Å²) >= 11 is 0. The Morgan fingerprint density at radius 1 is 0.839 bits per heavy atom. The van der Waals surface area contributed by atoms with E-state index < -0.39 is 0 Å². The van der Waals surface area contributed by atoms with Crippen LogP contribution in [0.4, 0.5) is 0 Å². The third-order valence-corrected chi connectivity index (χ3v) is 5.40. The quantitative estimate of drug-likeness (QED) is 0.418. The van der Waals surface area contributed by atoms with Crippen LogP contribution < -0.4 is 14.8 Å². The lowest BCUT2D eigenvalue weighted by Gasteiger charge is -2.23. The van der Waals surface area contributed by atoms with Crippen LogP contribution in [0, 0.1) is 0 Å². The lowest BCUT2D eigenvalue weighted by atomic mass is 10.1. The Kier molecular flexibility index (Phi) is 5.42. The number of hydrogen-bond donors (Lipinski definition) is 1. The number of benzene rings is 3. The molecule has 1 aliphatic heterocycles. The summed E-state index contributed by atoms with van der Waals surface area (Å²) in [6.45, 7) is 1.96. The van der Waals surface area contributed by atoms with E-state index in [2.05, 4.69) is 5.32 Å². The predicted molar refractivity (Wildman–Crippen MR) is 119 cm³/mol. The van der Waals surface area contributed by atoms with Crippen LogP contribution >= 0.6 is 0 Å². The second-order valence-electron chi connectivity index (χ2n) is 7.65. The predicted octanol–water partition coefficient (Wildman–Crippen LogP) is 5.59. The van der Waals surface area contributed by atoms with E-state index in [9.17, 15) is 4.79 Å². The van der Waals surface area contributed by atoms with Crippen molar-refractivity contribution in [3.63, 3.8) is 0 Å². The second-order valence-corrected chi connectivity index (χ2v) is 7.65. The summed E-state index contributed by atoms with van der Waals surface area (Å²) in [6.07, 6.45) is 2.22. The van der Waals surface area contributed by atoms with Crippen LogP contribution in [0.25, 0.3) is 11.0 Å². The number of hydrogen-bond acceptors (Lipinski definition) is 5. The van der Waals surface area contributed by atoms with Crippen LogP contribution in [0.1, 0.15) is 29.0 Å². The van der Waals surface area contributed by atoms with E-state index in [0.29, 0.717) is 22.7 Å². The zero-order valence-corrected chi connectivity index (χ0v) is 17.0. The van der Waals surface area contributed by atoms with E-state index in [-0.39, 0.29) is 11.9 Å². The average Bonchev–Trinajstić information content (AvgIpc) is 3.24. The minimum Gasteiger partial charge on any atom is -0.490 e. The minimum absolute atomic E-state index is 0.164. The van der Waals surface area contributed by atoms with E-state index in [1.54, 1.807) is 30.3 Å². The molecule has 0 aliphatic carbocycles. The van der Waals surface area contributed by atoms with Crippen LogP contribution in [0.5, 0.6) is 17.2 Å². The number of nitrogens with one attached hydrogen (secondary N) is 1. The molecular weight excluding hydrogens is 390 g/mol. The molecule has 1 saturated heterocycles. The van der Waals surface area contributed by atoms with Crippen molar-refractivity contribution >= 4 is 16.8 Å². The monoisotopic (exact) mass is 413 g/mol. The molecule has 3 aromatic carbocycles. The number of para-hydroxylation sites is 1. The Hall–Kier alpha value is -3.57. The lowest BCUT2D eigenvalue weighted by Crippen LogP contribution is -2.34. The van der Waals surface area contributed by atoms with Crippen molar-refractivity contribution in [1.82, 2.24) is 5.32 Å². The fraction of sp³-hybridized carbons (Fsp3) is 0.192. The van der Waals surface area contributed by atoms with Gasteiger partial charge in [0.05, 0.1) is 0 Å². The molecule has 0 amide bonds. The van der Waals surface area contributed by atoms with Crippen molar-refractivity contribution in [3.8, 4) is 17.2 Å². The molecule has 2 heterocycles. The number of rotatable bonds is 6. The summed E-state index contributed by atoms with van der Waals surface area (Å²) in [5, 5.41) is 4.20. The molecule has 1 aliphatic rings. The van der Waals surface area contributed by atoms with E-state index in [0.717, 1.165) is 42.8 Å². The topological polar surface area (TPSA) is 60.7 Å². The number of furan rings is 1. The number of carbonyl (C=O) groups is 1. The Bertz CT molecular complexity index is 1180. The largest absolute Gasteiger partial charge is 0.490 e. The van der Waals surface area contributed by atoms with Gasteiger partial charge in [0.2, 0.25) is 5.78 Å². The molecule has 0 radical (unpaired) electrons. The first kappa shape index (κ1) is 19.4. The first-order valence-electron chi connectivity index (χ1n) is 10.5. The van der Waals surface area contributed by atoms with Crippen molar-refractivity contribution in [2.45, 2.75) is 18.9 Å². The molecule has 156 valence electrons. The SMILES string of the molecule is O=C(c1ccc(Oc2ccccc2)cc1)c1cc2cc(OC3CCNCC3)ccc2o1. The maximum absolute atomic E-state index is 12.9. The van der Waals surface area contributed by atoms with E-state index in [1.165, 1.54) is 0 Å². The van der Waals surface area contributed by atoms with Gasteiger partial charge in [0, 0.05) is 10.9 Å². The molecular formula is C26H23NO4. The second kappa shape index (κ2) is 8.66. The van der Waals surface area contributed by atoms with Crippen molar-refractivity contribution in [3.05, 3.63) is 90.2 Å². The first-order valence-corrected chi connectivity index (χ1v) is 10.5. The number of ether oxygens (including phenoxy) is 2. The summed E-state index contributed by atoms with van der Waals surface area (Å²) in [5.74, 6) is 2.38. The van der Waals surface area contributed by atoms with Crippen molar-refractivity contribution in [2.75, 3.05) is 13.1 Å². The average molecular weight is 413 g/mol. The number of fused-ring (bicyclic) bond motifs is 1. The van der Waals surface area contributed by atoms with Crippen LogP contribution in [-0.4, -0.2) is 25.0 Å². The molecule has 0 bridgehead atoms. The number of ketones is 1. The van der Waals surface area contributed by atoms with Crippen LogP contribution in [0.3, 0.4) is 0 Å². The molecule has 4 aromatic rings. The van der Waals surface area contributed by atoms with Gasteiger partial charge in [-0.05, 0) is 86.6 Å². The highest BCUT2D eigenvalue weighted by Crippen LogP contribution is 2.28. The zero-order valence-electron chi connectivity index (χ0n) is 17.0. The molecule has 1 N–H and O–H groups in total. The number of piperidine rings is 1. The van der Waals surface area contributed by atoms with Gasteiger partial charge in [-0.2, -0.15) is 0 Å². The summed E-state index contributed by atoms with van der Waals surface area (Å²) in [5.41, 5.74) is 1.22. The Labute approximate surface area is 180 Å². The molecule has 0 saturated carbocycles. The van der Waals surface area contributed by atoms with Gasteiger partial charge in [-0.3, -0.25) is 4.79 Å². The van der Waals surface area contributed by atoms with Gasteiger partial charge < -0.3 is 19.2 Å². The Morgan fingerprint density at radius 3 is 2.32 bits per heavy atom. The van der Waals surface area contributed by atoms with Crippen LogP contribution in [-0.2, 0) is 0 Å². The van der Waals surface area contributed by atoms with Gasteiger partial charge >= 0.3 is 0 Å². The van der Waals surface area contributed by atoms with Crippen molar-refractivity contribution in [2.24, 2.45) is 0 Å². The van der Waals surface area contributed by atoms with E-state index in [4.69, 9.17) is 13.9 Å². The molecule has 0 atom stereocenters. The molecule has 5 rings (SSSR count). The van der Waals surface area contributed by atoms with E-state index >= 15 is 0 Å².